The highest BCUT2D eigenvalue weighted by Gasteiger charge is 2.38. The van der Waals surface area contributed by atoms with E-state index in [-0.39, 0.29) is 17.7 Å². The maximum Gasteiger partial charge on any atom is 0.0871 e. The van der Waals surface area contributed by atoms with Crippen molar-refractivity contribution in [3.63, 3.8) is 0 Å². The summed E-state index contributed by atoms with van der Waals surface area (Å²) in [6.07, 6.45) is 2.81. The summed E-state index contributed by atoms with van der Waals surface area (Å²) in [5.41, 5.74) is 11.4. The second-order valence-corrected chi connectivity index (χ2v) is 10.9. The zero-order valence-corrected chi connectivity index (χ0v) is 24.1. The van der Waals surface area contributed by atoms with Gasteiger partial charge in [-0.2, -0.15) is 5.10 Å². The van der Waals surface area contributed by atoms with E-state index in [4.69, 9.17) is 14.6 Å². The Balaban J connectivity index is 1.95. The minimum atomic E-state index is -0.343. The number of aryl methyl sites for hydroxylation is 4. The highest BCUT2D eigenvalue weighted by atomic mass is 16.5. The number of nitrogens with zero attached hydrogens (tertiary/aromatic N) is 2. The fraction of sp³-hybridized carbons (Fsp3) is 0.531. The first-order chi connectivity index (χ1) is 17.7. The predicted octanol–water partition coefficient (Wildman–Crippen LogP) is 6.59. The van der Waals surface area contributed by atoms with Crippen molar-refractivity contribution in [2.45, 2.75) is 92.0 Å². The lowest BCUT2D eigenvalue weighted by Crippen LogP contribution is -2.46. The third-order valence-electron chi connectivity index (χ3n) is 8.24. The summed E-state index contributed by atoms with van der Waals surface area (Å²) in [5, 5.41) is 8.20. The van der Waals surface area contributed by atoms with E-state index in [9.17, 15) is 0 Å². The van der Waals surface area contributed by atoms with E-state index in [1.54, 1.807) is 7.11 Å². The molecule has 0 bridgehead atoms. The molecule has 0 amide bonds. The first-order valence-corrected chi connectivity index (χ1v) is 13.9. The van der Waals surface area contributed by atoms with Crippen LogP contribution in [0.2, 0.25) is 0 Å². The Labute approximate surface area is 223 Å². The van der Waals surface area contributed by atoms with E-state index >= 15 is 0 Å². The van der Waals surface area contributed by atoms with E-state index in [1.807, 2.05) is 0 Å². The van der Waals surface area contributed by atoms with Gasteiger partial charge in [0.25, 0.3) is 0 Å². The van der Waals surface area contributed by atoms with Crippen molar-refractivity contribution in [3.8, 4) is 0 Å². The van der Waals surface area contributed by atoms with Crippen LogP contribution in [0.5, 0.6) is 0 Å². The van der Waals surface area contributed by atoms with Gasteiger partial charge in [0.2, 0.25) is 0 Å². The number of fused-ring (bicyclic) bond motifs is 1. The number of rotatable bonds is 10. The molecule has 2 heterocycles. The Morgan fingerprint density at radius 1 is 1.03 bits per heavy atom. The number of aromatic amines is 1. The topological polar surface area (TPSA) is 50.4 Å². The summed E-state index contributed by atoms with van der Waals surface area (Å²) in [6, 6.07) is 13.9. The molecule has 0 saturated carbocycles. The van der Waals surface area contributed by atoms with Crippen LogP contribution in [0.1, 0.15) is 91.0 Å². The number of hydrogen-bond acceptors (Lipinski definition) is 4. The fourth-order valence-corrected chi connectivity index (χ4v) is 5.96. The number of ether oxygens (including phenoxy) is 2. The van der Waals surface area contributed by atoms with Gasteiger partial charge in [-0.05, 0) is 87.3 Å². The number of hydrogen-bond donors (Lipinski definition) is 1. The Morgan fingerprint density at radius 3 is 2.30 bits per heavy atom. The first-order valence-electron chi connectivity index (χ1n) is 13.9. The van der Waals surface area contributed by atoms with E-state index in [0.717, 1.165) is 44.7 Å². The molecule has 200 valence electrons. The van der Waals surface area contributed by atoms with Crippen LogP contribution in [-0.4, -0.2) is 41.5 Å². The molecule has 5 nitrogen and oxygen atoms in total. The van der Waals surface area contributed by atoms with E-state index in [1.165, 1.54) is 44.6 Å². The Hall–Kier alpha value is -2.47. The Morgan fingerprint density at radius 2 is 1.70 bits per heavy atom. The van der Waals surface area contributed by atoms with Gasteiger partial charge in [-0.15, -0.1) is 0 Å². The normalized spacial score (nSPS) is 17.1. The summed E-state index contributed by atoms with van der Waals surface area (Å²) in [5.74, 6) is 0. The summed E-state index contributed by atoms with van der Waals surface area (Å²) in [7, 11) is 1.79. The summed E-state index contributed by atoms with van der Waals surface area (Å²) < 4.78 is 11.9. The average Bonchev–Trinajstić information content (AvgIpc) is 3.31. The molecule has 2 aromatic carbocycles. The molecule has 4 rings (SSSR count). The zero-order chi connectivity index (χ0) is 26.7. The van der Waals surface area contributed by atoms with Crippen LogP contribution in [-0.2, 0) is 40.9 Å². The minimum Gasteiger partial charge on any atom is -0.380 e. The monoisotopic (exact) mass is 503 g/mol. The highest BCUT2D eigenvalue weighted by molar-refractivity contribution is 5.48. The SMILES string of the molecule is CCOCC1Cc2ccccc2CN1C(c1c(C)cc(C(C)(C)OC)cc1C)c1c(CC)n[nH]c1CC. The number of methoxy groups -OCH3 is 1. The van der Waals surface area contributed by atoms with Crippen molar-refractivity contribution in [2.24, 2.45) is 0 Å². The first kappa shape index (κ1) is 27.6. The third-order valence-corrected chi connectivity index (χ3v) is 8.24. The van der Waals surface area contributed by atoms with Gasteiger partial charge >= 0.3 is 0 Å². The lowest BCUT2D eigenvalue weighted by atomic mass is 9.82. The van der Waals surface area contributed by atoms with Gasteiger partial charge in [0.05, 0.1) is 23.9 Å². The molecule has 2 atom stereocenters. The smallest absolute Gasteiger partial charge is 0.0871 e. The summed E-state index contributed by atoms with van der Waals surface area (Å²) >= 11 is 0. The van der Waals surface area contributed by atoms with Gasteiger partial charge in [0.1, 0.15) is 0 Å². The lowest BCUT2D eigenvalue weighted by molar-refractivity contribution is 0.0190. The van der Waals surface area contributed by atoms with Crippen molar-refractivity contribution in [2.75, 3.05) is 20.3 Å². The molecule has 37 heavy (non-hydrogen) atoms. The molecule has 3 aromatic rings. The molecule has 1 aliphatic rings. The minimum absolute atomic E-state index is 0.0853. The van der Waals surface area contributed by atoms with Gasteiger partial charge in [-0.25, -0.2) is 0 Å². The number of nitrogens with one attached hydrogen (secondary N) is 1. The highest BCUT2D eigenvalue weighted by Crippen LogP contribution is 2.42. The molecular formula is C32H45N3O2. The molecule has 0 saturated heterocycles. The number of aromatic nitrogens is 2. The van der Waals surface area contributed by atoms with E-state index < -0.39 is 0 Å². The third kappa shape index (κ3) is 5.41. The maximum atomic E-state index is 6.09. The fourth-order valence-electron chi connectivity index (χ4n) is 5.96. The van der Waals surface area contributed by atoms with Crippen molar-refractivity contribution >= 4 is 0 Å². The van der Waals surface area contributed by atoms with Crippen molar-refractivity contribution in [1.82, 2.24) is 15.1 Å². The summed E-state index contributed by atoms with van der Waals surface area (Å²) in [4.78, 5) is 2.69. The molecule has 1 aliphatic heterocycles. The van der Waals surface area contributed by atoms with Crippen LogP contribution >= 0.6 is 0 Å². The Bertz CT molecular complexity index is 1170. The van der Waals surface area contributed by atoms with Gasteiger partial charge in [0.15, 0.2) is 0 Å². The van der Waals surface area contributed by atoms with Crippen LogP contribution in [0.15, 0.2) is 36.4 Å². The quantitative estimate of drug-likeness (QED) is 0.339. The van der Waals surface area contributed by atoms with Crippen LogP contribution in [0.3, 0.4) is 0 Å². The van der Waals surface area contributed by atoms with Gasteiger partial charge in [-0.3, -0.25) is 10.00 Å². The number of benzene rings is 2. The van der Waals surface area contributed by atoms with Crippen LogP contribution in [0.25, 0.3) is 0 Å². The van der Waals surface area contributed by atoms with E-state index in [0.29, 0.717) is 0 Å². The lowest BCUT2D eigenvalue weighted by Gasteiger charge is -2.43. The zero-order valence-electron chi connectivity index (χ0n) is 24.1. The van der Waals surface area contributed by atoms with Gasteiger partial charge in [-0.1, -0.05) is 50.2 Å². The molecule has 5 heteroatoms. The molecule has 1 aromatic heterocycles. The standard InChI is InChI=1S/C32H45N3O2/c1-9-27-30(28(10-2)34-33-27)31(29-21(4)16-25(17-22(29)5)32(6,7)36-8)35-19-24-15-13-12-14-23(24)18-26(35)20-37-11-3/h12-17,26,31H,9-11,18-20H2,1-8H3,(H,33,34). The average molecular weight is 504 g/mol. The molecular weight excluding hydrogens is 458 g/mol. The number of H-pyrrole nitrogens is 1. The van der Waals surface area contributed by atoms with Crippen molar-refractivity contribution in [1.29, 1.82) is 0 Å². The van der Waals surface area contributed by atoms with Crippen LogP contribution in [0.4, 0.5) is 0 Å². The predicted molar refractivity (Wildman–Crippen MR) is 151 cm³/mol. The Kier molecular flexibility index (Phi) is 8.57. The largest absolute Gasteiger partial charge is 0.380 e. The molecule has 0 fully saturated rings. The van der Waals surface area contributed by atoms with Crippen LogP contribution < -0.4 is 0 Å². The van der Waals surface area contributed by atoms with Gasteiger partial charge < -0.3 is 9.47 Å². The van der Waals surface area contributed by atoms with E-state index in [2.05, 4.69) is 94.9 Å². The van der Waals surface area contributed by atoms with Crippen molar-refractivity contribution in [3.05, 3.63) is 86.7 Å². The second kappa shape index (κ2) is 11.5. The molecule has 1 N–H and O–H groups in total. The molecule has 2 unspecified atom stereocenters. The maximum absolute atomic E-state index is 6.09. The molecule has 0 spiro atoms. The van der Waals surface area contributed by atoms with Gasteiger partial charge in [0, 0.05) is 37.6 Å². The summed E-state index contributed by atoms with van der Waals surface area (Å²) in [6.45, 7) is 17.6. The van der Waals surface area contributed by atoms with Crippen LogP contribution in [0, 0.1) is 13.8 Å². The molecule has 0 aliphatic carbocycles. The van der Waals surface area contributed by atoms with Crippen molar-refractivity contribution < 1.29 is 9.47 Å². The molecule has 0 radical (unpaired) electrons. The second-order valence-electron chi connectivity index (χ2n) is 10.9.